The number of hydrogen-bond donors (Lipinski definition) is 4. The molecule has 2 aromatic rings. The van der Waals surface area contributed by atoms with Gasteiger partial charge >= 0.3 is 12.4 Å². The number of hydrazone groups is 1. The summed E-state index contributed by atoms with van der Waals surface area (Å²) in [6, 6.07) is 11.1. The van der Waals surface area contributed by atoms with Gasteiger partial charge in [-0.05, 0) is 79.0 Å². The van der Waals surface area contributed by atoms with Crippen molar-refractivity contribution in [1.82, 2.24) is 10.2 Å². The highest BCUT2D eigenvalue weighted by atomic mass is 19.4. The van der Waals surface area contributed by atoms with Gasteiger partial charge in [-0.1, -0.05) is 32.9 Å². The molecule has 0 radical (unpaired) electrons. The van der Waals surface area contributed by atoms with Crippen molar-refractivity contribution in [3.8, 4) is 5.75 Å². The van der Waals surface area contributed by atoms with E-state index in [1.165, 1.54) is 12.1 Å². The molecule has 1 aliphatic carbocycles. The fraction of sp³-hybridized carbons (Fsp3) is 0.444. The minimum atomic E-state index is -4.80. The van der Waals surface area contributed by atoms with Crippen molar-refractivity contribution in [2.24, 2.45) is 27.4 Å². The van der Waals surface area contributed by atoms with Crippen LogP contribution in [0.4, 0.5) is 23.7 Å². The largest absolute Gasteiger partial charge is 0.573 e. The number of halogens is 3. The number of urea groups is 1. The molecule has 0 heterocycles. The minimum absolute atomic E-state index is 0.0450. The summed E-state index contributed by atoms with van der Waals surface area (Å²) < 4.78 is 41.4. The number of benzene rings is 2. The predicted molar refractivity (Wildman–Crippen MR) is 144 cm³/mol. The zero-order chi connectivity index (χ0) is 29.5. The zero-order valence-corrected chi connectivity index (χ0v) is 22.6. The van der Waals surface area contributed by atoms with Crippen LogP contribution in [0.2, 0.25) is 0 Å². The molecule has 3 amide bonds. The number of hydrogen-bond acceptors (Lipinski definition) is 6. The maximum absolute atomic E-state index is 13.5. The number of anilines is 1. The third-order valence-corrected chi connectivity index (χ3v) is 6.98. The molecular weight excluding hydrogens is 527 g/mol. The van der Waals surface area contributed by atoms with Gasteiger partial charge in [0.05, 0.1) is 0 Å². The highest BCUT2D eigenvalue weighted by Gasteiger charge is 2.34. The number of nitrogens with one attached hydrogen (secondary N) is 3. The van der Waals surface area contributed by atoms with Crippen LogP contribution in [0.3, 0.4) is 0 Å². The number of carbonyl (C=O) groups is 2. The lowest BCUT2D eigenvalue weighted by Crippen LogP contribution is -2.45. The van der Waals surface area contributed by atoms with E-state index in [1.54, 1.807) is 29.2 Å². The van der Waals surface area contributed by atoms with Crippen LogP contribution in [0.5, 0.6) is 5.75 Å². The standard InChI is InChI=1S/C27H34F3N7O3/c1-26(2,3)19-8-12-21(13-9-19)37(25(39)33-20-10-14-22(15-11-20)40-27(28,29)30)16-17-4-6-18(7-5-17)23(38)34-24(35-31)36-32/h4-7,10-11,14-15,19,21,31H,8-9,12-13,16,32H2,1-3H3,(H,33,39)(H,34,36,38). The number of ether oxygens (including phenoxy) is 1. The predicted octanol–water partition coefficient (Wildman–Crippen LogP) is 6.21. The van der Waals surface area contributed by atoms with Crippen molar-refractivity contribution in [3.63, 3.8) is 0 Å². The van der Waals surface area contributed by atoms with Gasteiger partial charge in [-0.25, -0.2) is 10.3 Å². The summed E-state index contributed by atoms with van der Waals surface area (Å²) in [5.41, 5.74) is 8.50. The Bertz CT molecular complexity index is 1200. The number of carbonyl (C=O) groups excluding carboxylic acids is 2. The Labute approximate surface area is 230 Å². The molecule has 0 spiro atoms. The maximum atomic E-state index is 13.5. The molecule has 2 aromatic carbocycles. The van der Waals surface area contributed by atoms with Gasteiger partial charge < -0.3 is 20.8 Å². The summed E-state index contributed by atoms with van der Waals surface area (Å²) in [4.78, 5) is 27.5. The van der Waals surface area contributed by atoms with Gasteiger partial charge in [0.1, 0.15) is 5.75 Å². The molecule has 0 saturated heterocycles. The van der Waals surface area contributed by atoms with E-state index in [9.17, 15) is 22.8 Å². The van der Waals surface area contributed by atoms with E-state index in [4.69, 9.17) is 11.4 Å². The number of alkyl halides is 3. The first-order chi connectivity index (χ1) is 18.8. The third kappa shape index (κ3) is 8.68. The normalized spacial score (nSPS) is 18.0. The van der Waals surface area contributed by atoms with Crippen LogP contribution >= 0.6 is 0 Å². The molecule has 0 aromatic heterocycles. The second-order valence-electron chi connectivity index (χ2n) is 10.7. The fourth-order valence-corrected chi connectivity index (χ4v) is 4.78. The summed E-state index contributed by atoms with van der Waals surface area (Å²) in [6.07, 6.45) is -1.25. The molecule has 1 aliphatic rings. The molecular formula is C27H34F3N7O3. The van der Waals surface area contributed by atoms with E-state index >= 15 is 0 Å². The van der Waals surface area contributed by atoms with Crippen molar-refractivity contribution in [1.29, 1.82) is 5.53 Å². The molecule has 0 unspecified atom stereocenters. The molecule has 0 bridgehead atoms. The summed E-state index contributed by atoms with van der Waals surface area (Å²) in [5, 5.41) is 11.3. The first-order valence-corrected chi connectivity index (χ1v) is 12.8. The van der Waals surface area contributed by atoms with E-state index in [1.807, 2.05) is 0 Å². The van der Waals surface area contributed by atoms with Gasteiger partial charge in [-0.2, -0.15) is 0 Å². The molecule has 216 valence electrons. The van der Waals surface area contributed by atoms with Crippen LogP contribution in [-0.2, 0) is 6.54 Å². The number of nitrogens with two attached hydrogens (primary N) is 1. The van der Waals surface area contributed by atoms with Crippen LogP contribution in [-0.4, -0.2) is 35.2 Å². The molecule has 10 nitrogen and oxygen atoms in total. The highest BCUT2D eigenvalue weighted by Crippen LogP contribution is 2.39. The molecule has 40 heavy (non-hydrogen) atoms. The van der Waals surface area contributed by atoms with E-state index in [0.717, 1.165) is 43.4 Å². The number of guanidine groups is 1. The van der Waals surface area contributed by atoms with Gasteiger partial charge in [0.15, 0.2) is 0 Å². The number of nitrogens with zero attached hydrogens (tertiary/aromatic N) is 3. The molecule has 1 fully saturated rings. The lowest BCUT2D eigenvalue weighted by atomic mass is 9.71. The Morgan fingerprint density at radius 1 is 1.02 bits per heavy atom. The van der Waals surface area contributed by atoms with E-state index in [0.29, 0.717) is 11.6 Å². The van der Waals surface area contributed by atoms with Crippen LogP contribution in [0, 0.1) is 16.9 Å². The second-order valence-corrected chi connectivity index (χ2v) is 10.7. The average molecular weight is 562 g/mol. The summed E-state index contributed by atoms with van der Waals surface area (Å²) in [6.45, 7) is 6.90. The van der Waals surface area contributed by atoms with Gasteiger partial charge in [0.2, 0.25) is 0 Å². The summed E-state index contributed by atoms with van der Waals surface area (Å²) in [7, 11) is 0. The Morgan fingerprint density at radius 3 is 2.12 bits per heavy atom. The second kappa shape index (κ2) is 12.8. The molecule has 1 saturated carbocycles. The fourth-order valence-electron chi connectivity index (χ4n) is 4.78. The highest BCUT2D eigenvalue weighted by molar-refractivity contribution is 6.05. The van der Waals surface area contributed by atoms with Crippen LogP contribution in [0.25, 0.3) is 0 Å². The van der Waals surface area contributed by atoms with E-state index < -0.39 is 12.3 Å². The third-order valence-electron chi connectivity index (χ3n) is 6.98. The topological polar surface area (TPSA) is 145 Å². The smallest absolute Gasteiger partial charge is 0.406 e. The zero-order valence-electron chi connectivity index (χ0n) is 22.6. The average Bonchev–Trinajstić information content (AvgIpc) is 2.90. The van der Waals surface area contributed by atoms with Gasteiger partial charge in [0.25, 0.3) is 11.9 Å². The lowest BCUT2D eigenvalue weighted by Gasteiger charge is -2.41. The Morgan fingerprint density at radius 2 is 1.62 bits per heavy atom. The Kier molecular flexibility index (Phi) is 9.72. The summed E-state index contributed by atoms with van der Waals surface area (Å²) in [5.74, 6) is 4.35. The molecule has 13 heteroatoms. The quantitative estimate of drug-likeness (QED) is 0.109. The molecule has 3 rings (SSSR count). The monoisotopic (exact) mass is 561 g/mol. The van der Waals surface area contributed by atoms with Crippen molar-refractivity contribution >= 4 is 23.6 Å². The van der Waals surface area contributed by atoms with Gasteiger partial charge in [-0.15, -0.1) is 23.4 Å². The first-order valence-electron chi connectivity index (χ1n) is 12.8. The molecule has 0 aliphatic heterocycles. The van der Waals surface area contributed by atoms with Crippen molar-refractivity contribution in [2.75, 3.05) is 5.32 Å². The van der Waals surface area contributed by atoms with Gasteiger partial charge in [-0.3, -0.25) is 10.1 Å². The Balaban J connectivity index is 1.76. The van der Waals surface area contributed by atoms with E-state index in [-0.39, 0.29) is 41.3 Å². The van der Waals surface area contributed by atoms with Crippen LogP contribution < -0.4 is 21.2 Å². The van der Waals surface area contributed by atoms with Crippen molar-refractivity contribution in [3.05, 3.63) is 59.7 Å². The Hall–Kier alpha value is -4.16. The first kappa shape index (κ1) is 30.4. The minimum Gasteiger partial charge on any atom is -0.406 e. The number of rotatable bonds is 6. The SMILES string of the molecule is CC(C)(C)C1CCC(N(Cc2ccc(C(=O)N/C(N=N)=N/N)cc2)C(=O)Nc2ccc(OC(F)(F)F)cc2)CC1. The van der Waals surface area contributed by atoms with Crippen LogP contribution in [0.15, 0.2) is 58.7 Å². The van der Waals surface area contributed by atoms with Crippen molar-refractivity contribution in [2.45, 2.75) is 65.4 Å². The number of amides is 3. The molecule has 5 N–H and O–H groups in total. The lowest BCUT2D eigenvalue weighted by molar-refractivity contribution is -0.274. The van der Waals surface area contributed by atoms with Crippen LogP contribution in [0.1, 0.15) is 62.4 Å². The van der Waals surface area contributed by atoms with E-state index in [2.05, 4.69) is 46.4 Å². The maximum Gasteiger partial charge on any atom is 0.573 e. The van der Waals surface area contributed by atoms with Crippen molar-refractivity contribution < 1.29 is 27.5 Å². The van der Waals surface area contributed by atoms with Gasteiger partial charge in [0, 0.05) is 23.8 Å². The molecule has 0 atom stereocenters. The summed E-state index contributed by atoms with van der Waals surface area (Å²) >= 11 is 0.